The predicted octanol–water partition coefficient (Wildman–Crippen LogP) is 3.74. The van der Waals surface area contributed by atoms with Crippen molar-refractivity contribution in [2.24, 2.45) is 0 Å². The van der Waals surface area contributed by atoms with Crippen LogP contribution in [0.2, 0.25) is 13.1 Å². The van der Waals surface area contributed by atoms with E-state index in [4.69, 9.17) is 12.2 Å². The molecule has 2 aliphatic heterocycles. The Labute approximate surface area is 204 Å². The Morgan fingerprint density at radius 2 is 1.55 bits per heavy atom. The summed E-state index contributed by atoms with van der Waals surface area (Å²) in [5.74, 6) is -0.276. The molecule has 5 nitrogen and oxygen atoms in total. The zero-order valence-electron chi connectivity index (χ0n) is 18.9. The molecule has 0 saturated carbocycles. The zero-order valence-corrected chi connectivity index (χ0v) is 21.6. The van der Waals surface area contributed by atoms with Crippen LogP contribution in [0.15, 0.2) is 66.2 Å². The lowest BCUT2D eigenvalue weighted by Gasteiger charge is -2.40. The number of hydrogen-bond donors (Lipinski definition) is 1. The normalized spacial score (nSPS) is 20.8. The summed E-state index contributed by atoms with van der Waals surface area (Å²) < 4.78 is 0. The molecular formula is C25H25N3O2S2Si. The van der Waals surface area contributed by atoms with Crippen molar-refractivity contribution in [1.82, 2.24) is 9.80 Å². The smallest absolute Gasteiger partial charge is 0.260 e. The molecule has 2 aromatic carbocycles. The van der Waals surface area contributed by atoms with Crippen molar-refractivity contribution in [2.45, 2.75) is 19.3 Å². The van der Waals surface area contributed by atoms with Crippen LogP contribution in [-0.2, 0) is 4.79 Å². The van der Waals surface area contributed by atoms with Gasteiger partial charge in [-0.15, -0.1) is 11.3 Å². The number of carbonyl (C=O) groups excluding carboxylic acids is 1. The standard InChI is InChI=1S/C25H25N3O2S2Si/c1-26-23(29)17(24(30)27(2)25(26)31)15-16-13-14-22(32-16)28-18-9-5-7-11-20(18)33(3,4)21-12-8-6-10-19(21)28/h5-15,23,29H,1-4H3/b17-15+. The first-order chi connectivity index (χ1) is 15.7. The third-order valence-corrected chi connectivity index (χ3v) is 11.7. The third-order valence-electron chi connectivity index (χ3n) is 6.55. The van der Waals surface area contributed by atoms with E-state index < -0.39 is 14.3 Å². The molecule has 1 fully saturated rings. The van der Waals surface area contributed by atoms with Gasteiger partial charge in [-0.05, 0) is 52.9 Å². The molecule has 33 heavy (non-hydrogen) atoms. The van der Waals surface area contributed by atoms with Gasteiger partial charge in [0.2, 0.25) is 0 Å². The number of rotatable bonds is 2. The second kappa shape index (κ2) is 7.91. The van der Waals surface area contributed by atoms with E-state index in [1.54, 1.807) is 31.5 Å². The van der Waals surface area contributed by atoms with E-state index in [2.05, 4.69) is 72.6 Å². The van der Waals surface area contributed by atoms with Crippen LogP contribution in [0.4, 0.5) is 16.4 Å². The molecule has 1 amide bonds. The number of benzene rings is 2. The Morgan fingerprint density at radius 3 is 2.15 bits per heavy atom. The van der Waals surface area contributed by atoms with Crippen molar-refractivity contribution in [3.05, 3.63) is 71.1 Å². The number of thiophene rings is 1. The van der Waals surface area contributed by atoms with Crippen LogP contribution in [-0.4, -0.2) is 54.3 Å². The van der Waals surface area contributed by atoms with Crippen molar-refractivity contribution in [2.75, 3.05) is 19.0 Å². The Bertz CT molecular complexity index is 1270. The number of amides is 1. The van der Waals surface area contributed by atoms with Crippen molar-refractivity contribution < 1.29 is 9.90 Å². The average Bonchev–Trinajstić information content (AvgIpc) is 3.28. The molecule has 0 radical (unpaired) electrons. The Balaban J connectivity index is 1.60. The summed E-state index contributed by atoms with van der Waals surface area (Å²) >= 11 is 6.85. The van der Waals surface area contributed by atoms with Crippen molar-refractivity contribution in [3.63, 3.8) is 0 Å². The minimum atomic E-state index is -1.82. The lowest BCUT2D eigenvalue weighted by Crippen LogP contribution is -2.58. The number of carbonyl (C=O) groups is 1. The van der Waals surface area contributed by atoms with E-state index in [1.807, 2.05) is 6.07 Å². The molecular weight excluding hydrogens is 467 g/mol. The topological polar surface area (TPSA) is 47.0 Å². The highest BCUT2D eigenvalue weighted by atomic mass is 32.1. The van der Waals surface area contributed by atoms with Crippen molar-refractivity contribution >= 4 is 75.5 Å². The van der Waals surface area contributed by atoms with Crippen LogP contribution >= 0.6 is 23.6 Å². The highest BCUT2D eigenvalue weighted by Gasteiger charge is 2.39. The predicted molar refractivity (Wildman–Crippen MR) is 143 cm³/mol. The molecule has 1 aromatic heterocycles. The maximum atomic E-state index is 12.8. The monoisotopic (exact) mass is 491 g/mol. The zero-order chi connectivity index (χ0) is 23.5. The second-order valence-electron chi connectivity index (χ2n) is 8.90. The number of thiocarbonyl (C=S) groups is 1. The third kappa shape index (κ3) is 3.36. The van der Waals surface area contributed by atoms with E-state index in [0.717, 1.165) is 9.88 Å². The summed E-state index contributed by atoms with van der Waals surface area (Å²) in [5.41, 5.74) is 2.75. The molecule has 1 N–H and O–H groups in total. The Morgan fingerprint density at radius 1 is 0.970 bits per heavy atom. The molecule has 0 aliphatic carbocycles. The van der Waals surface area contributed by atoms with E-state index in [0.29, 0.717) is 10.7 Å². The lowest BCUT2D eigenvalue weighted by atomic mass is 10.1. The SMILES string of the molecule is CN1C(=O)/C(=C/c2ccc(N3c4ccccc4[Si](C)(C)c4ccccc43)s2)C(O)N(C)C1=S. The fraction of sp³-hybridized carbons (Fsp3) is 0.200. The molecule has 1 saturated heterocycles. The fourth-order valence-electron chi connectivity index (χ4n) is 4.68. The van der Waals surface area contributed by atoms with Gasteiger partial charge in [0.05, 0.1) is 5.57 Å². The molecule has 1 unspecified atom stereocenters. The van der Waals surface area contributed by atoms with Gasteiger partial charge >= 0.3 is 0 Å². The van der Waals surface area contributed by atoms with Gasteiger partial charge in [0.15, 0.2) is 11.3 Å². The number of likely N-dealkylation sites (N-methyl/N-ethyl adjacent to an activating group) is 2. The fourth-order valence-corrected chi connectivity index (χ4v) is 8.83. The number of nitrogens with zero attached hydrogens (tertiary/aromatic N) is 3. The van der Waals surface area contributed by atoms with Gasteiger partial charge in [0.1, 0.15) is 13.1 Å². The number of hydrogen-bond acceptors (Lipinski definition) is 5. The van der Waals surface area contributed by atoms with Crippen LogP contribution in [0.3, 0.4) is 0 Å². The van der Waals surface area contributed by atoms with Crippen LogP contribution < -0.4 is 15.3 Å². The first kappa shape index (κ1) is 22.0. The van der Waals surface area contributed by atoms with Crippen molar-refractivity contribution in [3.8, 4) is 0 Å². The minimum Gasteiger partial charge on any atom is -0.369 e. The molecule has 1 atom stereocenters. The van der Waals surface area contributed by atoms with E-state index in [-0.39, 0.29) is 5.91 Å². The lowest BCUT2D eigenvalue weighted by molar-refractivity contribution is -0.126. The number of aliphatic hydroxyl groups is 1. The molecule has 5 rings (SSSR count). The van der Waals surface area contributed by atoms with Crippen LogP contribution in [0.25, 0.3) is 6.08 Å². The van der Waals surface area contributed by atoms with Gasteiger partial charge in [0, 0.05) is 30.3 Å². The first-order valence-corrected chi connectivity index (χ1v) is 15.0. The summed E-state index contributed by atoms with van der Waals surface area (Å²) in [4.78, 5) is 18.9. The minimum absolute atomic E-state index is 0.276. The Hall–Kier alpha value is -2.78. The Kier molecular flexibility index (Phi) is 5.28. The maximum absolute atomic E-state index is 12.8. The molecule has 3 heterocycles. The van der Waals surface area contributed by atoms with Crippen LogP contribution in [0.5, 0.6) is 0 Å². The summed E-state index contributed by atoms with van der Waals surface area (Å²) in [6.45, 7) is 4.81. The summed E-state index contributed by atoms with van der Waals surface area (Å²) in [5, 5.41) is 14.9. The number of fused-ring (bicyclic) bond motifs is 2. The van der Waals surface area contributed by atoms with Gasteiger partial charge in [-0.2, -0.15) is 0 Å². The summed E-state index contributed by atoms with van der Waals surface area (Å²) in [7, 11) is 1.50. The molecule has 2 aliphatic rings. The maximum Gasteiger partial charge on any atom is 0.260 e. The molecule has 8 heteroatoms. The first-order valence-electron chi connectivity index (χ1n) is 10.8. The summed E-state index contributed by atoms with van der Waals surface area (Å²) in [6.07, 6.45) is 0.714. The largest absolute Gasteiger partial charge is 0.369 e. The van der Waals surface area contributed by atoms with Gasteiger partial charge in [0.25, 0.3) is 5.91 Å². The van der Waals surface area contributed by atoms with Crippen LogP contribution in [0.1, 0.15) is 4.88 Å². The second-order valence-corrected chi connectivity index (χ2v) is 14.7. The van der Waals surface area contributed by atoms with Gasteiger partial charge in [-0.1, -0.05) is 49.5 Å². The molecule has 0 spiro atoms. The van der Waals surface area contributed by atoms with Gasteiger partial charge < -0.3 is 14.9 Å². The van der Waals surface area contributed by atoms with E-state index in [9.17, 15) is 9.90 Å². The highest BCUT2D eigenvalue weighted by Crippen LogP contribution is 2.41. The summed E-state index contributed by atoms with van der Waals surface area (Å²) in [6, 6.07) is 21.4. The van der Waals surface area contributed by atoms with E-state index in [1.165, 1.54) is 31.5 Å². The van der Waals surface area contributed by atoms with Gasteiger partial charge in [-0.25, -0.2) is 0 Å². The number of para-hydroxylation sites is 2. The quantitative estimate of drug-likeness (QED) is 0.336. The van der Waals surface area contributed by atoms with Crippen LogP contribution in [0, 0.1) is 0 Å². The molecule has 3 aromatic rings. The average molecular weight is 492 g/mol. The molecule has 168 valence electrons. The highest BCUT2D eigenvalue weighted by molar-refractivity contribution is 7.80. The van der Waals surface area contributed by atoms with E-state index >= 15 is 0 Å². The van der Waals surface area contributed by atoms with Crippen molar-refractivity contribution in [1.29, 1.82) is 0 Å². The molecule has 0 bridgehead atoms. The van der Waals surface area contributed by atoms with Gasteiger partial charge in [-0.3, -0.25) is 9.69 Å². The number of aliphatic hydroxyl groups excluding tert-OH is 1. The number of anilines is 3.